The van der Waals surface area contributed by atoms with Crippen LogP contribution in [0.3, 0.4) is 0 Å². The van der Waals surface area contributed by atoms with Gasteiger partial charge in [-0.1, -0.05) is 15.9 Å². The first kappa shape index (κ1) is 13.4. The van der Waals surface area contributed by atoms with Gasteiger partial charge in [0, 0.05) is 29.0 Å². The largest absolute Gasteiger partial charge is 0.493 e. The molecule has 1 heterocycles. The zero-order valence-electron chi connectivity index (χ0n) is 11.2. The maximum atomic E-state index is 5.82. The highest BCUT2D eigenvalue weighted by Gasteiger charge is 2.29. The SMILES string of the molecule is NCCCN(Cc1cc(Br)cc2c1OCC2)C1CC1. The molecule has 0 unspecified atom stereocenters. The maximum Gasteiger partial charge on any atom is 0.127 e. The molecule has 0 saturated heterocycles. The Kier molecular flexibility index (Phi) is 4.10. The van der Waals surface area contributed by atoms with E-state index < -0.39 is 0 Å². The van der Waals surface area contributed by atoms with Crippen LogP contribution >= 0.6 is 15.9 Å². The van der Waals surface area contributed by atoms with Crippen molar-refractivity contribution >= 4 is 15.9 Å². The van der Waals surface area contributed by atoms with Gasteiger partial charge in [-0.15, -0.1) is 0 Å². The number of nitrogens with zero attached hydrogens (tertiary/aromatic N) is 1. The van der Waals surface area contributed by atoms with Gasteiger partial charge in [0.05, 0.1) is 6.61 Å². The van der Waals surface area contributed by atoms with Crippen LogP contribution < -0.4 is 10.5 Å². The molecule has 1 aromatic rings. The summed E-state index contributed by atoms with van der Waals surface area (Å²) in [5.41, 5.74) is 8.32. The molecule has 2 aliphatic rings. The molecular weight excluding hydrogens is 304 g/mol. The van der Waals surface area contributed by atoms with Gasteiger partial charge < -0.3 is 10.5 Å². The normalized spacial score (nSPS) is 17.6. The Labute approximate surface area is 123 Å². The summed E-state index contributed by atoms with van der Waals surface area (Å²) >= 11 is 3.62. The van der Waals surface area contributed by atoms with Crippen molar-refractivity contribution < 1.29 is 4.74 Å². The molecule has 1 aliphatic carbocycles. The Balaban J connectivity index is 1.77. The van der Waals surface area contributed by atoms with Gasteiger partial charge in [-0.25, -0.2) is 0 Å². The lowest BCUT2D eigenvalue weighted by Gasteiger charge is -2.23. The maximum absolute atomic E-state index is 5.82. The Bertz CT molecular complexity index is 460. The van der Waals surface area contributed by atoms with Crippen molar-refractivity contribution in [2.75, 3.05) is 19.7 Å². The molecule has 1 fully saturated rings. The fourth-order valence-corrected chi connectivity index (χ4v) is 3.36. The van der Waals surface area contributed by atoms with Gasteiger partial charge in [0.25, 0.3) is 0 Å². The van der Waals surface area contributed by atoms with E-state index in [4.69, 9.17) is 10.5 Å². The van der Waals surface area contributed by atoms with Crippen molar-refractivity contribution in [3.8, 4) is 5.75 Å². The molecule has 3 nitrogen and oxygen atoms in total. The standard InChI is InChI=1S/C15H21BrN2O/c16-13-8-11-4-7-19-15(11)12(9-13)10-18(6-1-5-17)14-2-3-14/h8-9,14H,1-7,10,17H2. The van der Waals surface area contributed by atoms with E-state index in [0.717, 1.165) is 50.9 Å². The second-order valence-electron chi connectivity index (χ2n) is 5.50. The number of fused-ring (bicyclic) bond motifs is 1. The number of benzene rings is 1. The van der Waals surface area contributed by atoms with E-state index in [1.807, 2.05) is 0 Å². The minimum Gasteiger partial charge on any atom is -0.493 e. The predicted octanol–water partition coefficient (Wildman–Crippen LogP) is 2.70. The molecule has 2 N–H and O–H groups in total. The van der Waals surface area contributed by atoms with Crippen LogP contribution in [0.4, 0.5) is 0 Å². The lowest BCUT2D eigenvalue weighted by Crippen LogP contribution is -2.28. The first-order valence-electron chi connectivity index (χ1n) is 7.16. The lowest BCUT2D eigenvalue weighted by molar-refractivity contribution is 0.248. The monoisotopic (exact) mass is 324 g/mol. The predicted molar refractivity (Wildman–Crippen MR) is 80.4 cm³/mol. The van der Waals surface area contributed by atoms with Crippen molar-refractivity contribution in [1.29, 1.82) is 0 Å². The minimum absolute atomic E-state index is 0.766. The van der Waals surface area contributed by atoms with Crippen LogP contribution in [0.1, 0.15) is 30.4 Å². The summed E-state index contributed by atoms with van der Waals surface area (Å²) in [7, 11) is 0. The molecule has 104 valence electrons. The molecule has 1 saturated carbocycles. The minimum atomic E-state index is 0.766. The van der Waals surface area contributed by atoms with E-state index in [1.54, 1.807) is 0 Å². The molecule has 19 heavy (non-hydrogen) atoms. The van der Waals surface area contributed by atoms with E-state index in [0.29, 0.717) is 0 Å². The van der Waals surface area contributed by atoms with Gasteiger partial charge in [0.1, 0.15) is 5.75 Å². The van der Waals surface area contributed by atoms with Crippen molar-refractivity contribution in [3.05, 3.63) is 27.7 Å². The highest BCUT2D eigenvalue weighted by atomic mass is 79.9. The first-order chi connectivity index (χ1) is 9.28. The van der Waals surface area contributed by atoms with Gasteiger partial charge in [-0.2, -0.15) is 0 Å². The van der Waals surface area contributed by atoms with E-state index in [9.17, 15) is 0 Å². The summed E-state index contributed by atoms with van der Waals surface area (Å²) in [4.78, 5) is 2.57. The highest BCUT2D eigenvalue weighted by Crippen LogP contribution is 2.36. The van der Waals surface area contributed by atoms with Gasteiger partial charge in [-0.3, -0.25) is 4.90 Å². The zero-order chi connectivity index (χ0) is 13.2. The number of rotatable bonds is 6. The number of hydrogen-bond acceptors (Lipinski definition) is 3. The molecule has 1 aliphatic heterocycles. The summed E-state index contributed by atoms with van der Waals surface area (Å²) in [6, 6.07) is 5.16. The molecule has 4 heteroatoms. The topological polar surface area (TPSA) is 38.5 Å². The van der Waals surface area contributed by atoms with Crippen LogP contribution in [0, 0.1) is 0 Å². The third kappa shape index (κ3) is 3.12. The Morgan fingerprint density at radius 3 is 2.95 bits per heavy atom. The Morgan fingerprint density at radius 2 is 2.21 bits per heavy atom. The number of ether oxygens (including phenoxy) is 1. The smallest absolute Gasteiger partial charge is 0.127 e. The summed E-state index contributed by atoms with van der Waals surface area (Å²) in [5, 5.41) is 0. The summed E-state index contributed by atoms with van der Waals surface area (Å²) in [5.74, 6) is 1.13. The van der Waals surface area contributed by atoms with Gasteiger partial charge >= 0.3 is 0 Å². The van der Waals surface area contributed by atoms with Crippen LogP contribution in [-0.4, -0.2) is 30.6 Å². The van der Waals surface area contributed by atoms with Gasteiger partial charge in [-0.05, 0) is 50.0 Å². The van der Waals surface area contributed by atoms with E-state index in [2.05, 4.69) is 33.0 Å². The molecule has 0 bridgehead atoms. The second-order valence-corrected chi connectivity index (χ2v) is 6.41. The van der Waals surface area contributed by atoms with Gasteiger partial charge in [0.2, 0.25) is 0 Å². The molecule has 0 atom stereocenters. The first-order valence-corrected chi connectivity index (χ1v) is 7.95. The molecule has 0 aromatic heterocycles. The van der Waals surface area contributed by atoms with Crippen molar-refractivity contribution in [2.24, 2.45) is 5.73 Å². The van der Waals surface area contributed by atoms with Crippen LogP contribution in [-0.2, 0) is 13.0 Å². The number of halogens is 1. The molecular formula is C15H21BrN2O. The average Bonchev–Trinajstić information content (AvgIpc) is 3.13. The van der Waals surface area contributed by atoms with E-state index in [-0.39, 0.29) is 0 Å². The van der Waals surface area contributed by atoms with E-state index >= 15 is 0 Å². The van der Waals surface area contributed by atoms with Crippen LogP contribution in [0.5, 0.6) is 5.75 Å². The van der Waals surface area contributed by atoms with Crippen LogP contribution in [0.15, 0.2) is 16.6 Å². The Morgan fingerprint density at radius 1 is 1.37 bits per heavy atom. The molecule has 3 rings (SSSR count). The van der Waals surface area contributed by atoms with Crippen LogP contribution in [0.25, 0.3) is 0 Å². The fraction of sp³-hybridized carbons (Fsp3) is 0.600. The van der Waals surface area contributed by atoms with Crippen molar-refractivity contribution in [1.82, 2.24) is 4.90 Å². The fourth-order valence-electron chi connectivity index (χ4n) is 2.81. The summed E-state index contributed by atoms with van der Waals surface area (Å²) < 4.78 is 6.99. The third-order valence-corrected chi connectivity index (χ3v) is 4.37. The van der Waals surface area contributed by atoms with Crippen molar-refractivity contribution in [2.45, 2.75) is 38.3 Å². The summed E-state index contributed by atoms with van der Waals surface area (Å²) in [6.07, 6.45) is 4.78. The van der Waals surface area contributed by atoms with E-state index in [1.165, 1.54) is 28.4 Å². The average molecular weight is 325 g/mol. The Hall–Kier alpha value is -0.580. The third-order valence-electron chi connectivity index (χ3n) is 3.91. The van der Waals surface area contributed by atoms with Crippen LogP contribution in [0.2, 0.25) is 0 Å². The highest BCUT2D eigenvalue weighted by molar-refractivity contribution is 9.10. The second kappa shape index (κ2) is 5.81. The van der Waals surface area contributed by atoms with Crippen molar-refractivity contribution in [3.63, 3.8) is 0 Å². The molecule has 1 aromatic carbocycles. The number of hydrogen-bond donors (Lipinski definition) is 1. The quantitative estimate of drug-likeness (QED) is 0.874. The van der Waals surface area contributed by atoms with Gasteiger partial charge in [0.15, 0.2) is 0 Å². The summed E-state index contributed by atoms with van der Waals surface area (Å²) in [6.45, 7) is 3.69. The zero-order valence-corrected chi connectivity index (χ0v) is 12.8. The molecule has 0 spiro atoms. The lowest BCUT2D eigenvalue weighted by atomic mass is 10.1. The molecule has 0 amide bonds. The molecule has 0 radical (unpaired) electrons. The number of nitrogens with two attached hydrogens (primary N) is 1.